The molecule has 0 atom stereocenters. The zero-order valence-electron chi connectivity index (χ0n) is 14.9. The summed E-state index contributed by atoms with van der Waals surface area (Å²) in [7, 11) is 0. The standard InChI is InChI=1S/C19H23N5O2/c1-12-7-13(2)9-16(8-12)24-19(21)23-10-14-3-5-15(6-4-14)18(26)22-11-17(20)25/h3-9H,10-11H2,1-2H3,(H2,20,25)(H,22,26)(H3,21,23,24). The van der Waals surface area contributed by atoms with E-state index in [0.29, 0.717) is 18.1 Å². The van der Waals surface area contributed by atoms with Crippen LogP contribution in [0.25, 0.3) is 0 Å². The van der Waals surface area contributed by atoms with Crippen LogP contribution in [0.3, 0.4) is 0 Å². The van der Waals surface area contributed by atoms with Gasteiger partial charge in [-0.3, -0.25) is 9.59 Å². The van der Waals surface area contributed by atoms with Gasteiger partial charge in [-0.2, -0.15) is 0 Å². The molecule has 2 rings (SSSR count). The molecule has 0 aromatic heterocycles. The molecule has 2 amide bonds. The van der Waals surface area contributed by atoms with Crippen LogP contribution >= 0.6 is 0 Å². The molecule has 0 aliphatic carbocycles. The summed E-state index contributed by atoms with van der Waals surface area (Å²) in [6, 6.07) is 13.0. The molecule has 0 radical (unpaired) electrons. The molecule has 0 saturated heterocycles. The number of carbonyl (C=O) groups excluding carboxylic acids is 2. The predicted octanol–water partition coefficient (Wildman–Crippen LogP) is 1.45. The van der Waals surface area contributed by atoms with Crippen molar-refractivity contribution in [2.75, 3.05) is 11.9 Å². The van der Waals surface area contributed by atoms with Gasteiger partial charge in [-0.1, -0.05) is 18.2 Å². The fourth-order valence-electron chi connectivity index (χ4n) is 2.44. The zero-order valence-corrected chi connectivity index (χ0v) is 14.9. The molecular weight excluding hydrogens is 330 g/mol. The minimum atomic E-state index is -0.587. The summed E-state index contributed by atoms with van der Waals surface area (Å²) in [6.45, 7) is 4.23. The van der Waals surface area contributed by atoms with Crippen molar-refractivity contribution in [3.63, 3.8) is 0 Å². The maximum Gasteiger partial charge on any atom is 0.251 e. The topological polar surface area (TPSA) is 123 Å². The number of benzene rings is 2. The van der Waals surface area contributed by atoms with Crippen molar-refractivity contribution >= 4 is 23.5 Å². The minimum Gasteiger partial charge on any atom is -0.370 e. The maximum atomic E-state index is 11.8. The van der Waals surface area contributed by atoms with E-state index in [4.69, 9.17) is 11.5 Å². The van der Waals surface area contributed by atoms with E-state index in [1.54, 1.807) is 24.3 Å². The van der Waals surface area contributed by atoms with Gasteiger partial charge in [0.2, 0.25) is 5.91 Å². The molecule has 136 valence electrons. The van der Waals surface area contributed by atoms with Crippen LogP contribution in [-0.4, -0.2) is 24.3 Å². The lowest BCUT2D eigenvalue weighted by Crippen LogP contribution is -2.33. The molecule has 6 N–H and O–H groups in total. The first-order valence-corrected chi connectivity index (χ1v) is 8.14. The van der Waals surface area contributed by atoms with Crippen molar-refractivity contribution in [2.24, 2.45) is 16.5 Å². The Labute approximate surface area is 152 Å². The van der Waals surface area contributed by atoms with Gasteiger partial charge >= 0.3 is 0 Å². The second-order valence-electron chi connectivity index (χ2n) is 6.05. The van der Waals surface area contributed by atoms with Crippen LogP contribution in [0, 0.1) is 13.8 Å². The summed E-state index contributed by atoms with van der Waals surface area (Å²) in [5.41, 5.74) is 15.5. The zero-order chi connectivity index (χ0) is 19.1. The average Bonchev–Trinajstić information content (AvgIpc) is 2.57. The third kappa shape index (κ3) is 5.94. The van der Waals surface area contributed by atoms with Gasteiger partial charge in [-0.25, -0.2) is 4.99 Å². The molecule has 0 aliphatic heterocycles. The Kier molecular flexibility index (Phi) is 6.32. The highest BCUT2D eigenvalue weighted by molar-refractivity contribution is 5.96. The maximum absolute atomic E-state index is 11.8. The number of anilines is 1. The largest absolute Gasteiger partial charge is 0.370 e. The highest BCUT2D eigenvalue weighted by atomic mass is 16.2. The lowest BCUT2D eigenvalue weighted by molar-refractivity contribution is -0.117. The predicted molar refractivity (Wildman–Crippen MR) is 103 cm³/mol. The number of hydrogen-bond acceptors (Lipinski definition) is 3. The van der Waals surface area contributed by atoms with Crippen LogP contribution in [0.2, 0.25) is 0 Å². The van der Waals surface area contributed by atoms with Crippen molar-refractivity contribution < 1.29 is 9.59 Å². The van der Waals surface area contributed by atoms with Gasteiger partial charge in [-0.15, -0.1) is 0 Å². The smallest absolute Gasteiger partial charge is 0.251 e. The summed E-state index contributed by atoms with van der Waals surface area (Å²) in [5, 5.41) is 5.50. The van der Waals surface area contributed by atoms with Crippen LogP contribution in [0.4, 0.5) is 5.69 Å². The van der Waals surface area contributed by atoms with Crippen LogP contribution in [0.5, 0.6) is 0 Å². The summed E-state index contributed by atoms with van der Waals surface area (Å²) >= 11 is 0. The molecule has 2 aromatic carbocycles. The summed E-state index contributed by atoms with van der Waals surface area (Å²) in [5.74, 6) is -0.621. The number of carbonyl (C=O) groups is 2. The highest BCUT2D eigenvalue weighted by Crippen LogP contribution is 2.13. The van der Waals surface area contributed by atoms with Crippen molar-refractivity contribution in [1.82, 2.24) is 5.32 Å². The Balaban J connectivity index is 1.94. The number of aryl methyl sites for hydroxylation is 2. The molecule has 0 aliphatic rings. The Hall–Kier alpha value is -3.35. The number of primary amides is 1. The van der Waals surface area contributed by atoms with Crippen molar-refractivity contribution in [2.45, 2.75) is 20.4 Å². The van der Waals surface area contributed by atoms with Crippen LogP contribution in [-0.2, 0) is 11.3 Å². The fraction of sp³-hybridized carbons (Fsp3) is 0.211. The summed E-state index contributed by atoms with van der Waals surface area (Å²) in [4.78, 5) is 26.8. The quantitative estimate of drug-likeness (QED) is 0.463. The van der Waals surface area contributed by atoms with Gasteiger partial charge < -0.3 is 22.1 Å². The van der Waals surface area contributed by atoms with E-state index in [0.717, 1.165) is 22.4 Å². The first kappa shape index (κ1) is 19.0. The molecule has 7 heteroatoms. The molecule has 0 heterocycles. The second-order valence-corrected chi connectivity index (χ2v) is 6.05. The van der Waals surface area contributed by atoms with E-state index < -0.39 is 5.91 Å². The van der Waals surface area contributed by atoms with Crippen LogP contribution in [0.15, 0.2) is 47.5 Å². The van der Waals surface area contributed by atoms with E-state index in [-0.39, 0.29) is 12.5 Å². The number of guanidine groups is 1. The second kappa shape index (κ2) is 8.66. The fourth-order valence-corrected chi connectivity index (χ4v) is 2.44. The molecule has 0 saturated carbocycles. The Morgan fingerprint density at radius 2 is 1.62 bits per heavy atom. The molecule has 26 heavy (non-hydrogen) atoms. The molecule has 0 bridgehead atoms. The lowest BCUT2D eigenvalue weighted by Gasteiger charge is -2.08. The van der Waals surface area contributed by atoms with E-state index in [9.17, 15) is 9.59 Å². The molecule has 7 nitrogen and oxygen atoms in total. The molecule has 0 unspecified atom stereocenters. The Morgan fingerprint density at radius 3 is 2.19 bits per heavy atom. The van der Waals surface area contributed by atoms with E-state index in [2.05, 4.69) is 21.7 Å². The van der Waals surface area contributed by atoms with E-state index in [1.807, 2.05) is 26.0 Å². The minimum absolute atomic E-state index is 0.189. The van der Waals surface area contributed by atoms with Gasteiger partial charge in [0, 0.05) is 11.3 Å². The first-order valence-electron chi connectivity index (χ1n) is 8.14. The van der Waals surface area contributed by atoms with Gasteiger partial charge in [0.05, 0.1) is 13.1 Å². The van der Waals surface area contributed by atoms with Crippen molar-refractivity contribution in [1.29, 1.82) is 0 Å². The molecule has 0 spiro atoms. The number of nitrogens with zero attached hydrogens (tertiary/aromatic N) is 1. The van der Waals surface area contributed by atoms with Gasteiger partial charge in [-0.05, 0) is 54.8 Å². The Morgan fingerprint density at radius 1 is 1.00 bits per heavy atom. The number of aliphatic imine (C=N–C) groups is 1. The number of hydrogen-bond donors (Lipinski definition) is 4. The van der Waals surface area contributed by atoms with Crippen molar-refractivity contribution in [3.05, 3.63) is 64.7 Å². The number of amides is 2. The molecular formula is C19H23N5O2. The highest BCUT2D eigenvalue weighted by Gasteiger charge is 2.06. The third-order valence-electron chi connectivity index (χ3n) is 3.57. The normalized spacial score (nSPS) is 11.1. The average molecular weight is 353 g/mol. The van der Waals surface area contributed by atoms with Crippen LogP contribution < -0.4 is 22.1 Å². The first-order chi connectivity index (χ1) is 12.3. The summed E-state index contributed by atoms with van der Waals surface area (Å²) < 4.78 is 0. The SMILES string of the molecule is Cc1cc(C)cc(NC(N)=NCc2ccc(C(=O)NCC(N)=O)cc2)c1. The number of nitrogens with one attached hydrogen (secondary N) is 2. The van der Waals surface area contributed by atoms with E-state index in [1.165, 1.54) is 0 Å². The van der Waals surface area contributed by atoms with Gasteiger partial charge in [0.1, 0.15) is 0 Å². The van der Waals surface area contributed by atoms with Gasteiger partial charge in [0.25, 0.3) is 5.91 Å². The van der Waals surface area contributed by atoms with Crippen molar-refractivity contribution in [3.8, 4) is 0 Å². The lowest BCUT2D eigenvalue weighted by atomic mass is 10.1. The number of nitrogens with two attached hydrogens (primary N) is 2. The number of rotatable bonds is 6. The monoisotopic (exact) mass is 353 g/mol. The summed E-state index contributed by atoms with van der Waals surface area (Å²) in [6.07, 6.45) is 0. The Bertz CT molecular complexity index is 808. The van der Waals surface area contributed by atoms with Crippen LogP contribution in [0.1, 0.15) is 27.0 Å². The van der Waals surface area contributed by atoms with E-state index >= 15 is 0 Å². The van der Waals surface area contributed by atoms with Gasteiger partial charge in [0.15, 0.2) is 5.96 Å². The molecule has 2 aromatic rings. The third-order valence-corrected chi connectivity index (χ3v) is 3.57. The molecule has 0 fully saturated rings.